The number of piperidine rings is 1. The Morgan fingerprint density at radius 3 is 2.85 bits per heavy atom. The van der Waals surface area contributed by atoms with E-state index in [1.165, 1.54) is 19.3 Å². The highest BCUT2D eigenvalue weighted by molar-refractivity contribution is 6.30. The van der Waals surface area contributed by atoms with Crippen molar-refractivity contribution in [2.24, 2.45) is 0 Å². The molecule has 1 aromatic carbocycles. The number of amides is 1. The molecule has 5 heteroatoms. The molecule has 1 aliphatic heterocycles. The molecule has 2 N–H and O–H groups in total. The molecule has 1 unspecified atom stereocenters. The summed E-state index contributed by atoms with van der Waals surface area (Å²) in [5, 5.41) is 6.88. The Kier molecular flexibility index (Phi) is 6.30. The Morgan fingerprint density at radius 1 is 1.35 bits per heavy atom. The molecule has 0 aliphatic carbocycles. The maximum Gasteiger partial charge on any atom is 0.250 e. The van der Waals surface area contributed by atoms with Crippen molar-refractivity contribution in [1.82, 2.24) is 5.32 Å². The SMILES string of the molecule is O=C(COCCC1CCCCN1)Nc1ccc(Cl)cc1. The molecule has 20 heavy (non-hydrogen) atoms. The lowest BCUT2D eigenvalue weighted by molar-refractivity contribution is -0.120. The van der Waals surface area contributed by atoms with Crippen LogP contribution in [0.25, 0.3) is 0 Å². The van der Waals surface area contributed by atoms with Crippen molar-refractivity contribution in [1.29, 1.82) is 0 Å². The Bertz CT molecular complexity index is 416. The van der Waals surface area contributed by atoms with Crippen molar-refractivity contribution in [2.75, 3.05) is 25.1 Å². The minimum Gasteiger partial charge on any atom is -0.372 e. The zero-order valence-electron chi connectivity index (χ0n) is 11.5. The van der Waals surface area contributed by atoms with Gasteiger partial charge < -0.3 is 15.4 Å². The fourth-order valence-electron chi connectivity index (χ4n) is 2.29. The van der Waals surface area contributed by atoms with Crippen LogP contribution in [0.4, 0.5) is 5.69 Å². The second-order valence-electron chi connectivity index (χ2n) is 5.04. The molecular formula is C15H21ClN2O2. The number of benzene rings is 1. The molecular weight excluding hydrogens is 276 g/mol. The van der Waals surface area contributed by atoms with Crippen molar-refractivity contribution >= 4 is 23.2 Å². The molecule has 1 saturated heterocycles. The van der Waals surface area contributed by atoms with E-state index in [9.17, 15) is 4.79 Å². The quantitative estimate of drug-likeness (QED) is 0.794. The number of hydrogen-bond acceptors (Lipinski definition) is 3. The number of carbonyl (C=O) groups is 1. The van der Waals surface area contributed by atoms with E-state index in [4.69, 9.17) is 16.3 Å². The van der Waals surface area contributed by atoms with Gasteiger partial charge in [-0.05, 0) is 50.1 Å². The number of halogens is 1. The van der Waals surface area contributed by atoms with Gasteiger partial charge in [-0.2, -0.15) is 0 Å². The van der Waals surface area contributed by atoms with E-state index in [1.807, 2.05) is 0 Å². The van der Waals surface area contributed by atoms with Crippen LogP contribution in [0.5, 0.6) is 0 Å². The van der Waals surface area contributed by atoms with E-state index < -0.39 is 0 Å². The number of anilines is 1. The highest BCUT2D eigenvalue weighted by Crippen LogP contribution is 2.13. The molecule has 0 saturated carbocycles. The van der Waals surface area contributed by atoms with Gasteiger partial charge in [0.25, 0.3) is 0 Å². The summed E-state index contributed by atoms with van der Waals surface area (Å²) in [6.45, 7) is 1.81. The minimum absolute atomic E-state index is 0.0926. The summed E-state index contributed by atoms with van der Waals surface area (Å²) >= 11 is 5.78. The van der Waals surface area contributed by atoms with Crippen molar-refractivity contribution < 1.29 is 9.53 Å². The number of ether oxygens (including phenoxy) is 1. The molecule has 1 amide bonds. The van der Waals surface area contributed by atoms with Gasteiger partial charge in [0, 0.05) is 23.4 Å². The predicted molar refractivity (Wildman–Crippen MR) is 81.2 cm³/mol. The van der Waals surface area contributed by atoms with Crippen molar-refractivity contribution in [3.05, 3.63) is 29.3 Å². The number of hydrogen-bond donors (Lipinski definition) is 2. The van der Waals surface area contributed by atoms with Gasteiger partial charge in [-0.3, -0.25) is 4.79 Å². The van der Waals surface area contributed by atoms with Crippen molar-refractivity contribution in [2.45, 2.75) is 31.7 Å². The summed E-state index contributed by atoms with van der Waals surface area (Å²) in [5.74, 6) is -0.135. The topological polar surface area (TPSA) is 50.4 Å². The van der Waals surface area contributed by atoms with Crippen LogP contribution in [0, 0.1) is 0 Å². The van der Waals surface area contributed by atoms with Crippen LogP contribution < -0.4 is 10.6 Å². The smallest absolute Gasteiger partial charge is 0.250 e. The van der Waals surface area contributed by atoms with E-state index in [0.717, 1.165) is 18.7 Å². The average Bonchev–Trinajstić information content (AvgIpc) is 2.47. The van der Waals surface area contributed by atoms with Crippen LogP contribution in [0.15, 0.2) is 24.3 Å². The summed E-state index contributed by atoms with van der Waals surface area (Å²) in [4.78, 5) is 11.7. The third kappa shape index (κ3) is 5.49. The Labute approximate surface area is 124 Å². The largest absolute Gasteiger partial charge is 0.372 e. The molecule has 1 aliphatic rings. The molecule has 1 fully saturated rings. The van der Waals surface area contributed by atoms with Crippen molar-refractivity contribution in [3.63, 3.8) is 0 Å². The normalized spacial score (nSPS) is 18.8. The lowest BCUT2D eigenvalue weighted by atomic mass is 10.0. The van der Waals surface area contributed by atoms with E-state index in [0.29, 0.717) is 17.7 Å². The molecule has 1 heterocycles. The zero-order valence-corrected chi connectivity index (χ0v) is 12.3. The molecule has 1 atom stereocenters. The van der Waals surface area contributed by atoms with Crippen LogP contribution in [-0.4, -0.2) is 31.7 Å². The van der Waals surface area contributed by atoms with Gasteiger partial charge in [-0.1, -0.05) is 18.0 Å². The van der Waals surface area contributed by atoms with Crippen LogP contribution in [0.1, 0.15) is 25.7 Å². The van der Waals surface area contributed by atoms with Crippen LogP contribution >= 0.6 is 11.6 Å². The Hall–Kier alpha value is -1.10. The van der Waals surface area contributed by atoms with Gasteiger partial charge in [-0.15, -0.1) is 0 Å². The van der Waals surface area contributed by atoms with Gasteiger partial charge in [0.2, 0.25) is 5.91 Å². The highest BCUT2D eigenvalue weighted by Gasteiger charge is 2.12. The van der Waals surface area contributed by atoms with Crippen LogP contribution in [0.3, 0.4) is 0 Å². The molecule has 2 rings (SSSR count). The third-order valence-electron chi connectivity index (χ3n) is 3.38. The average molecular weight is 297 g/mol. The fourth-order valence-corrected chi connectivity index (χ4v) is 2.42. The van der Waals surface area contributed by atoms with E-state index in [-0.39, 0.29) is 12.5 Å². The van der Waals surface area contributed by atoms with Gasteiger partial charge in [-0.25, -0.2) is 0 Å². The molecule has 4 nitrogen and oxygen atoms in total. The monoisotopic (exact) mass is 296 g/mol. The first-order valence-corrected chi connectivity index (χ1v) is 7.48. The lowest BCUT2D eigenvalue weighted by Crippen LogP contribution is -2.35. The molecule has 0 bridgehead atoms. The third-order valence-corrected chi connectivity index (χ3v) is 3.64. The lowest BCUT2D eigenvalue weighted by Gasteiger charge is -2.23. The highest BCUT2D eigenvalue weighted by atomic mass is 35.5. The van der Waals surface area contributed by atoms with E-state index >= 15 is 0 Å². The minimum atomic E-state index is -0.135. The van der Waals surface area contributed by atoms with E-state index in [1.54, 1.807) is 24.3 Å². The molecule has 110 valence electrons. The molecule has 0 aromatic heterocycles. The second-order valence-corrected chi connectivity index (χ2v) is 5.48. The first-order chi connectivity index (χ1) is 9.74. The van der Waals surface area contributed by atoms with E-state index in [2.05, 4.69) is 10.6 Å². The summed E-state index contributed by atoms with van der Waals surface area (Å²) in [7, 11) is 0. The van der Waals surface area contributed by atoms with Gasteiger partial charge in [0.05, 0.1) is 0 Å². The van der Waals surface area contributed by atoms with Crippen LogP contribution in [0.2, 0.25) is 5.02 Å². The number of rotatable bonds is 6. The molecule has 0 spiro atoms. The van der Waals surface area contributed by atoms with Gasteiger partial charge in [0.1, 0.15) is 6.61 Å². The first kappa shape index (κ1) is 15.3. The first-order valence-electron chi connectivity index (χ1n) is 7.10. The molecule has 0 radical (unpaired) electrons. The number of carbonyl (C=O) groups excluding carboxylic acids is 1. The summed E-state index contributed by atoms with van der Waals surface area (Å²) < 4.78 is 5.42. The van der Waals surface area contributed by atoms with Gasteiger partial charge in [0.15, 0.2) is 0 Å². The summed E-state index contributed by atoms with van der Waals surface area (Å²) in [5.41, 5.74) is 0.733. The summed E-state index contributed by atoms with van der Waals surface area (Å²) in [6.07, 6.45) is 4.73. The second kappa shape index (κ2) is 8.25. The standard InChI is InChI=1S/C15H21ClN2O2/c16-12-4-6-14(7-5-12)18-15(19)11-20-10-8-13-3-1-2-9-17-13/h4-7,13,17H,1-3,8-11H2,(H,18,19). The fraction of sp³-hybridized carbons (Fsp3) is 0.533. The Morgan fingerprint density at radius 2 is 2.15 bits per heavy atom. The van der Waals surface area contributed by atoms with Gasteiger partial charge >= 0.3 is 0 Å². The summed E-state index contributed by atoms with van der Waals surface area (Å²) in [6, 6.07) is 7.57. The molecule has 1 aromatic rings. The van der Waals surface area contributed by atoms with Crippen LogP contribution in [-0.2, 0) is 9.53 Å². The Balaban J connectivity index is 1.59. The number of nitrogens with one attached hydrogen (secondary N) is 2. The van der Waals surface area contributed by atoms with Crippen molar-refractivity contribution in [3.8, 4) is 0 Å². The maximum absolute atomic E-state index is 11.7. The maximum atomic E-state index is 11.7. The zero-order chi connectivity index (χ0) is 14.2. The predicted octanol–water partition coefficient (Wildman–Crippen LogP) is 2.83.